The predicted octanol–water partition coefficient (Wildman–Crippen LogP) is 3.73. The van der Waals surface area contributed by atoms with E-state index in [1.807, 2.05) is 65.6 Å². The zero-order chi connectivity index (χ0) is 30.8. The van der Waals surface area contributed by atoms with E-state index in [1.54, 1.807) is 31.5 Å². The molecule has 1 saturated heterocycles. The summed E-state index contributed by atoms with van der Waals surface area (Å²) in [5, 5.41) is 5.59. The van der Waals surface area contributed by atoms with Crippen LogP contribution in [-0.2, 0) is 35.5 Å². The van der Waals surface area contributed by atoms with Gasteiger partial charge in [-0.15, -0.1) is 0 Å². The number of ether oxygens (including phenoxy) is 1. The number of amides is 3. The summed E-state index contributed by atoms with van der Waals surface area (Å²) in [7, 11) is 1.45. The van der Waals surface area contributed by atoms with Crippen LogP contribution in [0.2, 0.25) is 0 Å². The number of nitrogens with one attached hydrogen (secondary N) is 2. The zero-order valence-electron chi connectivity index (χ0n) is 25.2. The van der Waals surface area contributed by atoms with Crippen LogP contribution in [0.25, 0.3) is 0 Å². The van der Waals surface area contributed by atoms with Gasteiger partial charge in [0.05, 0.1) is 32.7 Å². The third kappa shape index (κ3) is 8.73. The maximum atomic E-state index is 13.9. The van der Waals surface area contributed by atoms with Gasteiger partial charge in [-0.2, -0.15) is 0 Å². The Balaban J connectivity index is 1.51. The molecule has 230 valence electrons. The molecule has 2 heterocycles. The van der Waals surface area contributed by atoms with E-state index in [-0.39, 0.29) is 36.9 Å². The molecule has 1 aliphatic rings. The fourth-order valence-corrected chi connectivity index (χ4v) is 4.86. The number of nitrogens with zero attached hydrogens (tertiary/aromatic N) is 3. The number of imidazole rings is 1. The first-order valence-corrected chi connectivity index (χ1v) is 14.5. The van der Waals surface area contributed by atoms with Crippen molar-refractivity contribution in [1.29, 1.82) is 0 Å². The van der Waals surface area contributed by atoms with Gasteiger partial charge in [0.15, 0.2) is 5.82 Å². The molecule has 43 heavy (non-hydrogen) atoms. The second-order valence-corrected chi connectivity index (χ2v) is 11.6. The molecule has 0 spiro atoms. The molecule has 2 N–H and O–H groups in total. The second-order valence-electron chi connectivity index (χ2n) is 11.6. The van der Waals surface area contributed by atoms with Crippen molar-refractivity contribution in [3.63, 3.8) is 0 Å². The lowest BCUT2D eigenvalue weighted by atomic mass is 9.95. The number of benzene rings is 2. The number of anilines is 1. The first-order valence-electron chi connectivity index (χ1n) is 14.5. The molecule has 0 saturated carbocycles. The summed E-state index contributed by atoms with van der Waals surface area (Å²) >= 11 is 0. The van der Waals surface area contributed by atoms with Gasteiger partial charge in [-0.05, 0) is 24.0 Å². The van der Waals surface area contributed by atoms with E-state index >= 15 is 0 Å². The fourth-order valence-electron chi connectivity index (χ4n) is 4.86. The molecule has 2 unspecified atom stereocenters. The van der Waals surface area contributed by atoms with E-state index < -0.39 is 23.4 Å². The highest BCUT2D eigenvalue weighted by atomic mass is 17.2. The van der Waals surface area contributed by atoms with Crippen molar-refractivity contribution >= 4 is 23.5 Å². The van der Waals surface area contributed by atoms with Crippen molar-refractivity contribution in [3.8, 4) is 0 Å². The van der Waals surface area contributed by atoms with Gasteiger partial charge >= 0.3 is 0 Å². The first-order chi connectivity index (χ1) is 20.7. The fraction of sp³-hybridized carbons (Fsp3) is 0.438. The first kappa shape index (κ1) is 31.9. The van der Waals surface area contributed by atoms with Gasteiger partial charge in [0, 0.05) is 18.2 Å². The van der Waals surface area contributed by atoms with Gasteiger partial charge in [-0.25, -0.2) is 14.8 Å². The van der Waals surface area contributed by atoms with Crippen molar-refractivity contribution in [2.45, 2.75) is 58.3 Å². The largest absolute Gasteiger partial charge is 0.374 e. The SMILES string of the molecule is COOCC1CCCN1C(=O)C(c1ccccc1)n1cnc(NC(=O)[C@@H](COCc2ccccc2)NC(=O)C(C)(C)C)c1. The smallest absolute Gasteiger partial charge is 0.250 e. The molecule has 4 rings (SSSR count). The highest BCUT2D eigenvalue weighted by Gasteiger charge is 2.35. The van der Waals surface area contributed by atoms with Gasteiger partial charge in [0.1, 0.15) is 18.7 Å². The summed E-state index contributed by atoms with van der Waals surface area (Å²) in [6.45, 7) is 6.47. The van der Waals surface area contributed by atoms with Crippen LogP contribution >= 0.6 is 0 Å². The lowest BCUT2D eigenvalue weighted by Crippen LogP contribution is -2.50. The maximum Gasteiger partial charge on any atom is 0.250 e. The number of carbonyl (C=O) groups is 3. The number of carbonyl (C=O) groups excluding carboxylic acids is 3. The summed E-state index contributed by atoms with van der Waals surface area (Å²) in [6, 6.07) is 17.2. The lowest BCUT2D eigenvalue weighted by molar-refractivity contribution is -0.278. The van der Waals surface area contributed by atoms with Crippen LogP contribution in [-0.4, -0.2) is 71.1 Å². The van der Waals surface area contributed by atoms with Crippen molar-refractivity contribution in [2.75, 3.05) is 32.2 Å². The molecule has 3 atom stereocenters. The summed E-state index contributed by atoms with van der Waals surface area (Å²) < 4.78 is 7.50. The Hall–Kier alpha value is -4.06. The van der Waals surface area contributed by atoms with Crippen LogP contribution in [0.5, 0.6) is 0 Å². The van der Waals surface area contributed by atoms with Crippen LogP contribution in [0.3, 0.4) is 0 Å². The molecule has 0 aliphatic carbocycles. The van der Waals surface area contributed by atoms with E-state index in [9.17, 15) is 14.4 Å². The van der Waals surface area contributed by atoms with E-state index in [0.717, 1.165) is 24.0 Å². The summed E-state index contributed by atoms with van der Waals surface area (Å²) in [4.78, 5) is 56.3. The van der Waals surface area contributed by atoms with Crippen LogP contribution < -0.4 is 10.6 Å². The zero-order valence-corrected chi connectivity index (χ0v) is 25.2. The molecular formula is C32H41N5O6. The minimum Gasteiger partial charge on any atom is -0.374 e. The molecule has 1 fully saturated rings. The number of rotatable bonds is 13. The molecule has 1 aromatic heterocycles. The minimum atomic E-state index is -0.960. The molecule has 1 aliphatic heterocycles. The summed E-state index contributed by atoms with van der Waals surface area (Å²) in [6.07, 6.45) is 4.83. The Kier molecular flexibility index (Phi) is 11.0. The lowest BCUT2D eigenvalue weighted by Gasteiger charge is -2.29. The molecule has 3 amide bonds. The van der Waals surface area contributed by atoms with Crippen LogP contribution in [0.1, 0.15) is 50.8 Å². The van der Waals surface area contributed by atoms with Gasteiger partial charge in [0.25, 0.3) is 11.8 Å². The summed E-state index contributed by atoms with van der Waals surface area (Å²) in [5.41, 5.74) is 1.03. The van der Waals surface area contributed by atoms with E-state index in [4.69, 9.17) is 14.5 Å². The van der Waals surface area contributed by atoms with Gasteiger partial charge in [0.2, 0.25) is 5.91 Å². The third-order valence-electron chi connectivity index (χ3n) is 7.24. The van der Waals surface area contributed by atoms with Crippen LogP contribution in [0, 0.1) is 5.41 Å². The Bertz CT molecular complexity index is 1340. The standard InChI is InChI=1S/C32H41N5O6/c1-32(2,3)31(40)34-26(21-42-19-23-12-7-5-8-13-23)29(38)35-27-18-36(22-33-27)28(24-14-9-6-10-15-24)30(39)37-17-11-16-25(37)20-43-41-4/h5-10,12-15,18,22,25-26,28H,11,16-17,19-21H2,1-4H3,(H,34,40)(H,35,38)/t25?,26-,28?/m1/s1. The number of hydrogen-bond donors (Lipinski definition) is 2. The average Bonchev–Trinajstić information content (AvgIpc) is 3.66. The van der Waals surface area contributed by atoms with E-state index in [1.165, 1.54) is 13.4 Å². The highest BCUT2D eigenvalue weighted by Crippen LogP contribution is 2.27. The molecule has 0 bridgehead atoms. The van der Waals surface area contributed by atoms with E-state index in [0.29, 0.717) is 13.2 Å². The monoisotopic (exact) mass is 591 g/mol. The topological polar surface area (TPSA) is 124 Å². The number of aromatic nitrogens is 2. The molecule has 11 heteroatoms. The van der Waals surface area contributed by atoms with Crippen molar-refractivity contribution < 1.29 is 28.9 Å². The van der Waals surface area contributed by atoms with Gasteiger partial charge in [-0.3, -0.25) is 14.4 Å². The molecule has 3 aromatic rings. The van der Waals surface area contributed by atoms with Crippen LogP contribution in [0.15, 0.2) is 73.2 Å². The van der Waals surface area contributed by atoms with Crippen molar-refractivity contribution in [2.24, 2.45) is 5.41 Å². The Labute approximate surface area is 252 Å². The Morgan fingerprint density at radius 2 is 1.74 bits per heavy atom. The predicted molar refractivity (Wildman–Crippen MR) is 161 cm³/mol. The van der Waals surface area contributed by atoms with E-state index in [2.05, 4.69) is 15.6 Å². The normalized spacial score (nSPS) is 16.5. The average molecular weight is 592 g/mol. The molecular weight excluding hydrogens is 550 g/mol. The van der Waals surface area contributed by atoms with Crippen LogP contribution in [0.4, 0.5) is 5.82 Å². The number of hydrogen-bond acceptors (Lipinski definition) is 7. The number of likely N-dealkylation sites (tertiary alicyclic amines) is 1. The minimum absolute atomic E-state index is 0.0335. The molecule has 2 aromatic carbocycles. The highest BCUT2D eigenvalue weighted by molar-refractivity contribution is 5.97. The quantitative estimate of drug-likeness (QED) is 0.229. The summed E-state index contributed by atoms with van der Waals surface area (Å²) in [5.74, 6) is -0.616. The Morgan fingerprint density at radius 1 is 1.05 bits per heavy atom. The third-order valence-corrected chi connectivity index (χ3v) is 7.24. The van der Waals surface area contributed by atoms with Gasteiger partial charge < -0.3 is 24.8 Å². The maximum absolute atomic E-state index is 13.9. The molecule has 11 nitrogen and oxygen atoms in total. The van der Waals surface area contributed by atoms with Crippen molar-refractivity contribution in [3.05, 3.63) is 84.3 Å². The Morgan fingerprint density at radius 3 is 2.42 bits per heavy atom. The van der Waals surface area contributed by atoms with Gasteiger partial charge in [-0.1, -0.05) is 81.4 Å². The molecule has 0 radical (unpaired) electrons. The second kappa shape index (κ2) is 14.9. The van der Waals surface area contributed by atoms with Crippen molar-refractivity contribution in [1.82, 2.24) is 19.8 Å².